The van der Waals surface area contributed by atoms with Crippen LogP contribution >= 0.6 is 27.5 Å². The Balaban J connectivity index is 1.61. The lowest BCUT2D eigenvalue weighted by molar-refractivity contribution is 0.272. The summed E-state index contributed by atoms with van der Waals surface area (Å²) in [6, 6.07) is 13.9. The van der Waals surface area contributed by atoms with Gasteiger partial charge < -0.3 is 9.64 Å². The van der Waals surface area contributed by atoms with E-state index in [1.807, 2.05) is 36.5 Å². The molecule has 1 aliphatic heterocycles. The Bertz CT molecular complexity index is 713. The number of halogens is 2. The van der Waals surface area contributed by atoms with Crippen LogP contribution in [0.4, 0.5) is 5.69 Å². The second-order valence-corrected chi connectivity index (χ2v) is 6.90. The van der Waals surface area contributed by atoms with Crippen molar-refractivity contribution < 1.29 is 4.74 Å². The molecule has 1 fully saturated rings. The van der Waals surface area contributed by atoms with Crippen molar-refractivity contribution in [2.45, 2.75) is 0 Å². The van der Waals surface area contributed by atoms with Crippen LogP contribution in [0.5, 0.6) is 5.75 Å². The standard InChI is InChI=1S/C18H19BrClN3O/c1-24-18-7-2-15(19)12-14(18)13-21-23-10-8-22(9-11-23)17-5-3-16(20)4-6-17/h2-7,12-13H,8-11H2,1H3/b21-13-. The van der Waals surface area contributed by atoms with Gasteiger partial charge in [0.15, 0.2) is 0 Å². The maximum atomic E-state index is 5.95. The van der Waals surface area contributed by atoms with E-state index in [4.69, 9.17) is 16.3 Å². The molecule has 1 aliphatic rings. The second-order valence-electron chi connectivity index (χ2n) is 5.55. The third kappa shape index (κ3) is 4.22. The predicted octanol–water partition coefficient (Wildman–Crippen LogP) is 4.27. The summed E-state index contributed by atoms with van der Waals surface area (Å²) in [5.41, 5.74) is 2.17. The van der Waals surface area contributed by atoms with Crippen molar-refractivity contribution >= 4 is 39.4 Å². The lowest BCUT2D eigenvalue weighted by Crippen LogP contribution is -2.44. The first-order valence-electron chi connectivity index (χ1n) is 7.79. The fraction of sp³-hybridized carbons (Fsp3) is 0.278. The minimum atomic E-state index is 0.768. The maximum Gasteiger partial charge on any atom is 0.127 e. The van der Waals surface area contributed by atoms with Gasteiger partial charge in [0.25, 0.3) is 0 Å². The summed E-state index contributed by atoms with van der Waals surface area (Å²) < 4.78 is 6.39. The van der Waals surface area contributed by atoms with Gasteiger partial charge >= 0.3 is 0 Å². The van der Waals surface area contributed by atoms with Crippen LogP contribution in [0.1, 0.15) is 5.56 Å². The normalized spacial score (nSPS) is 15.1. The number of benzene rings is 2. The van der Waals surface area contributed by atoms with Crippen molar-refractivity contribution in [2.75, 3.05) is 38.2 Å². The summed E-state index contributed by atoms with van der Waals surface area (Å²) in [5.74, 6) is 0.821. The van der Waals surface area contributed by atoms with Crippen molar-refractivity contribution in [3.63, 3.8) is 0 Å². The minimum Gasteiger partial charge on any atom is -0.496 e. The molecule has 0 unspecified atom stereocenters. The van der Waals surface area contributed by atoms with Gasteiger partial charge in [0, 0.05) is 33.8 Å². The molecule has 0 saturated carbocycles. The van der Waals surface area contributed by atoms with E-state index in [2.05, 4.69) is 43.1 Å². The van der Waals surface area contributed by atoms with Crippen LogP contribution in [-0.2, 0) is 0 Å². The molecule has 2 aromatic carbocycles. The molecule has 0 bridgehead atoms. The van der Waals surface area contributed by atoms with Crippen LogP contribution in [-0.4, -0.2) is 44.5 Å². The first-order valence-corrected chi connectivity index (χ1v) is 8.96. The molecule has 2 aromatic rings. The van der Waals surface area contributed by atoms with E-state index in [1.54, 1.807) is 7.11 Å². The Morgan fingerprint density at radius 3 is 2.46 bits per heavy atom. The minimum absolute atomic E-state index is 0.768. The fourth-order valence-corrected chi connectivity index (χ4v) is 3.18. The molecule has 6 heteroatoms. The number of hydrogen-bond donors (Lipinski definition) is 0. The SMILES string of the molecule is COc1ccc(Br)cc1/C=N\N1CCN(c2ccc(Cl)cc2)CC1. The molecule has 0 radical (unpaired) electrons. The Morgan fingerprint density at radius 2 is 1.79 bits per heavy atom. The molecule has 0 N–H and O–H groups in total. The van der Waals surface area contributed by atoms with Crippen molar-refractivity contribution in [1.82, 2.24) is 5.01 Å². The molecule has 126 valence electrons. The summed E-state index contributed by atoms with van der Waals surface area (Å²) in [5, 5.41) is 7.46. The van der Waals surface area contributed by atoms with Crippen LogP contribution < -0.4 is 9.64 Å². The van der Waals surface area contributed by atoms with Gasteiger partial charge in [-0.1, -0.05) is 27.5 Å². The topological polar surface area (TPSA) is 28.1 Å². The number of ether oxygens (including phenoxy) is 1. The van der Waals surface area contributed by atoms with E-state index in [0.717, 1.165) is 47.0 Å². The van der Waals surface area contributed by atoms with Crippen molar-refractivity contribution in [1.29, 1.82) is 0 Å². The predicted molar refractivity (Wildman–Crippen MR) is 104 cm³/mol. The summed E-state index contributed by atoms with van der Waals surface area (Å²) in [7, 11) is 1.67. The first-order chi connectivity index (χ1) is 11.7. The molecule has 0 amide bonds. The zero-order chi connectivity index (χ0) is 16.9. The highest BCUT2D eigenvalue weighted by molar-refractivity contribution is 9.10. The van der Waals surface area contributed by atoms with Gasteiger partial charge in [0.2, 0.25) is 0 Å². The summed E-state index contributed by atoms with van der Waals surface area (Å²) in [6.07, 6.45) is 1.86. The molecule has 0 aromatic heterocycles. The van der Waals surface area contributed by atoms with Crippen LogP contribution in [0.15, 0.2) is 52.0 Å². The van der Waals surface area contributed by atoms with Crippen molar-refractivity contribution in [3.05, 3.63) is 57.5 Å². The lowest BCUT2D eigenvalue weighted by Gasteiger charge is -2.34. The first kappa shape index (κ1) is 17.1. The number of hydrazone groups is 1. The number of hydrogen-bond acceptors (Lipinski definition) is 4. The van der Waals surface area contributed by atoms with Gasteiger partial charge in [0.1, 0.15) is 5.75 Å². The van der Waals surface area contributed by atoms with Gasteiger partial charge in [-0.05, 0) is 42.5 Å². The summed E-state index contributed by atoms with van der Waals surface area (Å²) >= 11 is 9.43. The van der Waals surface area contributed by atoms with E-state index in [9.17, 15) is 0 Å². The van der Waals surface area contributed by atoms with Gasteiger partial charge in [-0.3, -0.25) is 5.01 Å². The Morgan fingerprint density at radius 1 is 1.08 bits per heavy atom. The van der Waals surface area contributed by atoms with Crippen molar-refractivity contribution in [2.24, 2.45) is 5.10 Å². The number of methoxy groups -OCH3 is 1. The van der Waals surface area contributed by atoms with Crippen LogP contribution in [0.25, 0.3) is 0 Å². The Labute approximate surface area is 155 Å². The molecule has 0 aliphatic carbocycles. The van der Waals surface area contributed by atoms with Gasteiger partial charge in [-0.25, -0.2) is 0 Å². The quantitative estimate of drug-likeness (QED) is 0.707. The smallest absolute Gasteiger partial charge is 0.127 e. The van der Waals surface area contributed by atoms with E-state index < -0.39 is 0 Å². The van der Waals surface area contributed by atoms with E-state index >= 15 is 0 Å². The average molecular weight is 409 g/mol. The van der Waals surface area contributed by atoms with Crippen LogP contribution in [0.3, 0.4) is 0 Å². The van der Waals surface area contributed by atoms with Crippen LogP contribution in [0, 0.1) is 0 Å². The average Bonchev–Trinajstić information content (AvgIpc) is 2.61. The van der Waals surface area contributed by atoms with Gasteiger partial charge in [0.05, 0.1) is 26.4 Å². The Hall–Kier alpha value is -1.72. The number of anilines is 1. The zero-order valence-corrected chi connectivity index (χ0v) is 15.8. The largest absolute Gasteiger partial charge is 0.496 e. The highest BCUT2D eigenvalue weighted by Gasteiger charge is 2.15. The molecule has 1 heterocycles. The molecule has 24 heavy (non-hydrogen) atoms. The zero-order valence-electron chi connectivity index (χ0n) is 13.5. The van der Waals surface area contributed by atoms with Crippen LogP contribution in [0.2, 0.25) is 5.02 Å². The number of rotatable bonds is 4. The molecule has 4 nitrogen and oxygen atoms in total. The van der Waals surface area contributed by atoms with E-state index in [-0.39, 0.29) is 0 Å². The highest BCUT2D eigenvalue weighted by atomic mass is 79.9. The fourth-order valence-electron chi connectivity index (χ4n) is 2.67. The summed E-state index contributed by atoms with van der Waals surface area (Å²) in [6.45, 7) is 3.65. The maximum absolute atomic E-state index is 5.95. The number of piperazine rings is 1. The van der Waals surface area contributed by atoms with Gasteiger partial charge in [-0.15, -0.1) is 0 Å². The molecular formula is C18H19BrClN3O. The third-order valence-electron chi connectivity index (χ3n) is 4.00. The van der Waals surface area contributed by atoms with Gasteiger partial charge in [-0.2, -0.15) is 5.10 Å². The second kappa shape index (κ2) is 7.90. The summed E-state index contributed by atoms with van der Waals surface area (Å²) in [4.78, 5) is 2.35. The highest BCUT2D eigenvalue weighted by Crippen LogP contribution is 2.22. The molecule has 3 rings (SSSR count). The van der Waals surface area contributed by atoms with Crippen molar-refractivity contribution in [3.8, 4) is 5.75 Å². The third-order valence-corrected chi connectivity index (χ3v) is 4.74. The number of nitrogens with zero attached hydrogens (tertiary/aromatic N) is 3. The van der Waals surface area contributed by atoms with E-state index in [1.165, 1.54) is 5.69 Å². The molecule has 1 saturated heterocycles. The Kier molecular flexibility index (Phi) is 5.63. The lowest BCUT2D eigenvalue weighted by atomic mass is 10.2. The van der Waals surface area contributed by atoms with E-state index in [0.29, 0.717) is 0 Å². The molecule has 0 atom stereocenters. The molecular weight excluding hydrogens is 390 g/mol. The monoisotopic (exact) mass is 407 g/mol. The molecule has 0 spiro atoms.